The van der Waals surface area contributed by atoms with E-state index < -0.39 is 4.92 Å². The van der Waals surface area contributed by atoms with Gasteiger partial charge in [0, 0.05) is 18.1 Å². The van der Waals surface area contributed by atoms with Crippen molar-refractivity contribution in [1.29, 1.82) is 0 Å². The summed E-state index contributed by atoms with van der Waals surface area (Å²) in [5.41, 5.74) is 2.13. The van der Waals surface area contributed by atoms with Gasteiger partial charge in [-0.15, -0.1) is 0 Å². The number of halogens is 1. The van der Waals surface area contributed by atoms with Crippen LogP contribution >= 0.6 is 11.6 Å². The first kappa shape index (κ1) is 15.5. The Morgan fingerprint density at radius 1 is 1.30 bits per heavy atom. The molecular weight excluding hydrogens is 316 g/mol. The zero-order valence-corrected chi connectivity index (χ0v) is 13.3. The number of hydrogen-bond acceptors (Lipinski definition) is 3. The number of fused-ring (bicyclic) bond motifs is 1. The second-order valence-electron chi connectivity index (χ2n) is 5.59. The van der Waals surface area contributed by atoms with Gasteiger partial charge in [0.05, 0.1) is 11.0 Å². The summed E-state index contributed by atoms with van der Waals surface area (Å²) in [5, 5.41) is 11.4. The molecule has 0 fully saturated rings. The minimum absolute atomic E-state index is 0.0611. The van der Waals surface area contributed by atoms with E-state index >= 15 is 0 Å². The lowest BCUT2D eigenvalue weighted by atomic mass is 10.1. The van der Waals surface area contributed by atoms with E-state index in [-0.39, 0.29) is 28.2 Å². The fourth-order valence-corrected chi connectivity index (χ4v) is 3.27. The molecule has 0 spiro atoms. The highest BCUT2D eigenvalue weighted by Gasteiger charge is 2.31. The van der Waals surface area contributed by atoms with Crippen molar-refractivity contribution in [3.63, 3.8) is 0 Å². The predicted octanol–water partition coefficient (Wildman–Crippen LogP) is 4.01. The number of amides is 1. The third-order valence-corrected chi connectivity index (χ3v) is 4.51. The summed E-state index contributed by atoms with van der Waals surface area (Å²) in [6.07, 6.45) is 1.73. The second-order valence-corrected chi connectivity index (χ2v) is 6.02. The molecular formula is C17H15ClN2O3. The number of aryl methyl sites for hydroxylation is 1. The van der Waals surface area contributed by atoms with Gasteiger partial charge in [0.15, 0.2) is 0 Å². The number of nitro groups is 1. The summed E-state index contributed by atoms with van der Waals surface area (Å²) in [7, 11) is 1.69. The normalized spacial score (nSPS) is 16.0. The minimum Gasteiger partial charge on any atom is -0.334 e. The van der Waals surface area contributed by atoms with E-state index in [2.05, 4.69) is 6.07 Å². The first-order valence-electron chi connectivity index (χ1n) is 7.28. The quantitative estimate of drug-likeness (QED) is 0.631. The third-order valence-electron chi connectivity index (χ3n) is 4.28. The summed E-state index contributed by atoms with van der Waals surface area (Å²) < 4.78 is 0. The van der Waals surface area contributed by atoms with Crippen LogP contribution in [-0.2, 0) is 6.42 Å². The Balaban J connectivity index is 1.94. The van der Waals surface area contributed by atoms with Gasteiger partial charge in [-0.1, -0.05) is 35.9 Å². The van der Waals surface area contributed by atoms with E-state index in [1.165, 1.54) is 23.8 Å². The molecule has 0 radical (unpaired) electrons. The maximum Gasteiger partial charge on any atom is 0.283 e. The van der Waals surface area contributed by atoms with Crippen LogP contribution in [-0.4, -0.2) is 22.8 Å². The van der Waals surface area contributed by atoms with Crippen molar-refractivity contribution in [2.24, 2.45) is 0 Å². The fourth-order valence-electron chi connectivity index (χ4n) is 3.11. The second kappa shape index (κ2) is 6.01. The van der Waals surface area contributed by atoms with Gasteiger partial charge < -0.3 is 4.90 Å². The summed E-state index contributed by atoms with van der Waals surface area (Å²) in [6.45, 7) is 0. The maximum absolute atomic E-state index is 12.8. The van der Waals surface area contributed by atoms with Crippen LogP contribution in [0.4, 0.5) is 5.69 Å². The minimum atomic E-state index is -0.574. The number of hydrogen-bond donors (Lipinski definition) is 0. The van der Waals surface area contributed by atoms with Crippen LogP contribution in [0.5, 0.6) is 0 Å². The SMILES string of the molecule is CN(C(=O)c1ccc(Cl)cc1[N+](=O)[O-])C1CCc2ccccc21. The van der Waals surface area contributed by atoms with E-state index in [4.69, 9.17) is 11.6 Å². The Hall–Kier alpha value is -2.40. The lowest BCUT2D eigenvalue weighted by Gasteiger charge is -2.25. The standard InChI is InChI=1S/C17H15ClN2O3/c1-19(15-9-6-11-4-2-3-5-13(11)15)17(21)14-8-7-12(18)10-16(14)20(22)23/h2-5,7-8,10,15H,6,9H2,1H3. The summed E-state index contributed by atoms with van der Waals surface area (Å²) in [4.78, 5) is 25.0. The molecule has 2 aromatic carbocycles. The zero-order chi connectivity index (χ0) is 16.6. The molecule has 0 bridgehead atoms. The van der Waals surface area contributed by atoms with Crippen molar-refractivity contribution >= 4 is 23.2 Å². The molecule has 5 nitrogen and oxygen atoms in total. The molecule has 1 atom stereocenters. The number of carbonyl (C=O) groups is 1. The molecule has 1 aliphatic rings. The molecule has 1 amide bonds. The molecule has 0 N–H and O–H groups in total. The molecule has 3 rings (SSSR count). The van der Waals surface area contributed by atoms with Crippen molar-refractivity contribution in [2.75, 3.05) is 7.05 Å². The van der Waals surface area contributed by atoms with Crippen LogP contribution < -0.4 is 0 Å². The van der Waals surface area contributed by atoms with E-state index in [9.17, 15) is 14.9 Å². The van der Waals surface area contributed by atoms with Gasteiger partial charge >= 0.3 is 0 Å². The molecule has 118 valence electrons. The highest BCUT2D eigenvalue weighted by atomic mass is 35.5. The number of rotatable bonds is 3. The first-order chi connectivity index (χ1) is 11.0. The molecule has 2 aromatic rings. The van der Waals surface area contributed by atoms with Crippen molar-refractivity contribution in [3.05, 3.63) is 74.3 Å². The van der Waals surface area contributed by atoms with E-state index in [1.807, 2.05) is 18.2 Å². The van der Waals surface area contributed by atoms with Crippen LogP contribution in [0.25, 0.3) is 0 Å². The molecule has 1 unspecified atom stereocenters. The van der Waals surface area contributed by atoms with Gasteiger partial charge in [0.2, 0.25) is 0 Å². The number of nitrogens with zero attached hydrogens (tertiary/aromatic N) is 2. The zero-order valence-electron chi connectivity index (χ0n) is 12.5. The monoisotopic (exact) mass is 330 g/mol. The van der Waals surface area contributed by atoms with Gasteiger partial charge in [-0.2, -0.15) is 0 Å². The smallest absolute Gasteiger partial charge is 0.283 e. The molecule has 23 heavy (non-hydrogen) atoms. The Kier molecular flexibility index (Phi) is 4.05. The van der Waals surface area contributed by atoms with Crippen molar-refractivity contribution in [2.45, 2.75) is 18.9 Å². The lowest BCUT2D eigenvalue weighted by molar-refractivity contribution is -0.385. The summed E-state index contributed by atoms with van der Waals surface area (Å²) >= 11 is 5.81. The molecule has 0 aromatic heterocycles. The Bertz CT molecular complexity index is 791. The van der Waals surface area contributed by atoms with Crippen LogP contribution in [0.1, 0.15) is 33.9 Å². The van der Waals surface area contributed by atoms with Crippen molar-refractivity contribution in [3.8, 4) is 0 Å². The van der Waals surface area contributed by atoms with Gasteiger partial charge in [0.1, 0.15) is 5.56 Å². The van der Waals surface area contributed by atoms with Gasteiger partial charge in [-0.25, -0.2) is 0 Å². The highest BCUT2D eigenvalue weighted by molar-refractivity contribution is 6.31. The summed E-state index contributed by atoms with van der Waals surface area (Å²) in [5.74, 6) is -0.366. The molecule has 0 heterocycles. The van der Waals surface area contributed by atoms with Crippen molar-refractivity contribution in [1.82, 2.24) is 4.90 Å². The molecule has 1 aliphatic carbocycles. The Morgan fingerprint density at radius 3 is 2.78 bits per heavy atom. The van der Waals surface area contributed by atoms with Gasteiger partial charge in [-0.05, 0) is 36.1 Å². The molecule has 0 saturated heterocycles. The largest absolute Gasteiger partial charge is 0.334 e. The Labute approximate surface area is 138 Å². The van der Waals surface area contributed by atoms with Crippen LogP contribution in [0.15, 0.2) is 42.5 Å². The molecule has 0 saturated carbocycles. The predicted molar refractivity (Wildman–Crippen MR) is 87.7 cm³/mol. The maximum atomic E-state index is 12.8. The number of benzene rings is 2. The molecule has 0 aliphatic heterocycles. The van der Waals surface area contributed by atoms with Crippen molar-refractivity contribution < 1.29 is 9.72 Å². The van der Waals surface area contributed by atoms with E-state index in [0.717, 1.165) is 18.4 Å². The lowest BCUT2D eigenvalue weighted by Crippen LogP contribution is -2.30. The molecule has 6 heteroatoms. The fraction of sp³-hybridized carbons (Fsp3) is 0.235. The Morgan fingerprint density at radius 2 is 2.04 bits per heavy atom. The van der Waals surface area contributed by atoms with Crippen LogP contribution in [0, 0.1) is 10.1 Å². The van der Waals surface area contributed by atoms with E-state index in [1.54, 1.807) is 11.9 Å². The summed E-state index contributed by atoms with van der Waals surface area (Å²) in [6, 6.07) is 12.1. The number of carbonyl (C=O) groups excluding carboxylic acids is 1. The van der Waals surface area contributed by atoms with E-state index in [0.29, 0.717) is 0 Å². The van der Waals surface area contributed by atoms with Crippen LogP contribution in [0.3, 0.4) is 0 Å². The highest BCUT2D eigenvalue weighted by Crippen LogP contribution is 2.36. The third kappa shape index (κ3) is 2.80. The van der Waals surface area contributed by atoms with Gasteiger partial charge in [0.25, 0.3) is 11.6 Å². The number of nitro benzene ring substituents is 1. The van der Waals surface area contributed by atoms with Crippen LogP contribution in [0.2, 0.25) is 5.02 Å². The average Bonchev–Trinajstić information content (AvgIpc) is 2.97. The first-order valence-corrected chi connectivity index (χ1v) is 7.65. The average molecular weight is 331 g/mol. The van der Waals surface area contributed by atoms with Gasteiger partial charge in [-0.3, -0.25) is 14.9 Å². The topological polar surface area (TPSA) is 63.5 Å².